The summed E-state index contributed by atoms with van der Waals surface area (Å²) in [6.45, 7) is 9.30. The van der Waals surface area contributed by atoms with Gasteiger partial charge in [-0.2, -0.15) is 0 Å². The molecule has 4 rings (SSSR count). The minimum atomic E-state index is -0.976. The summed E-state index contributed by atoms with van der Waals surface area (Å²) in [5.74, 6) is 0.404. The van der Waals surface area contributed by atoms with Crippen molar-refractivity contribution >= 4 is 22.9 Å². The van der Waals surface area contributed by atoms with E-state index in [1.807, 2.05) is 30.3 Å². The smallest absolute Gasteiger partial charge is 0.347 e. The van der Waals surface area contributed by atoms with Crippen LogP contribution in [0.3, 0.4) is 0 Å². The van der Waals surface area contributed by atoms with Crippen molar-refractivity contribution in [2.75, 3.05) is 26.4 Å². The number of ether oxygens (including phenoxy) is 4. The summed E-state index contributed by atoms with van der Waals surface area (Å²) >= 11 is 0. The van der Waals surface area contributed by atoms with Crippen LogP contribution in [-0.2, 0) is 19.0 Å². The van der Waals surface area contributed by atoms with Gasteiger partial charge in [0.05, 0.1) is 25.4 Å². The van der Waals surface area contributed by atoms with E-state index in [4.69, 9.17) is 23.4 Å². The van der Waals surface area contributed by atoms with Crippen LogP contribution in [0.4, 0.5) is 0 Å². The van der Waals surface area contributed by atoms with Gasteiger partial charge in [-0.1, -0.05) is 81.0 Å². The monoisotopic (exact) mass is 626 g/mol. The highest BCUT2D eigenvalue weighted by molar-refractivity contribution is 5.97. The molecule has 0 spiro atoms. The molecule has 0 saturated carbocycles. The van der Waals surface area contributed by atoms with Gasteiger partial charge >= 0.3 is 11.9 Å². The van der Waals surface area contributed by atoms with Crippen molar-refractivity contribution in [2.45, 2.75) is 71.3 Å². The lowest BCUT2D eigenvalue weighted by Crippen LogP contribution is -2.26. The van der Waals surface area contributed by atoms with E-state index in [1.165, 1.54) is 45.4 Å². The zero-order chi connectivity index (χ0) is 32.6. The fourth-order valence-corrected chi connectivity index (χ4v) is 5.22. The molecule has 0 saturated heterocycles. The summed E-state index contributed by atoms with van der Waals surface area (Å²) in [6, 6.07) is 23.2. The number of esters is 2. The van der Waals surface area contributed by atoms with Crippen LogP contribution in [0.25, 0.3) is 33.4 Å². The molecule has 0 bridgehead atoms. The molecule has 0 fully saturated rings. The van der Waals surface area contributed by atoms with Crippen LogP contribution in [-0.4, -0.2) is 44.5 Å². The first kappa shape index (κ1) is 34.5. The highest BCUT2D eigenvalue weighted by Gasteiger charge is 2.20. The zero-order valence-corrected chi connectivity index (χ0v) is 27.1. The van der Waals surface area contributed by atoms with E-state index in [-0.39, 0.29) is 6.61 Å². The Morgan fingerprint density at radius 2 is 1.48 bits per heavy atom. The van der Waals surface area contributed by atoms with E-state index in [1.54, 1.807) is 37.3 Å². The van der Waals surface area contributed by atoms with Crippen LogP contribution in [0.1, 0.15) is 75.6 Å². The summed E-state index contributed by atoms with van der Waals surface area (Å²) < 4.78 is 27.8. The maximum atomic E-state index is 12.5. The Bertz CT molecular complexity index is 1520. The molecule has 1 atom stereocenters. The third-order valence-electron chi connectivity index (χ3n) is 7.72. The largest absolute Gasteiger partial charge is 0.494 e. The number of hydrogen-bond acceptors (Lipinski definition) is 7. The Morgan fingerprint density at radius 3 is 2.15 bits per heavy atom. The molecule has 0 aliphatic heterocycles. The average molecular weight is 627 g/mol. The standard InChI is InChI=1S/C39H46O7/c1-4-25-42-26-12-10-8-6-7-9-11-13-27-44-33-23-21-30(22-24-33)34-15-14-16-36-35(34)28-37(46-36)31-17-19-32(20-18-31)39(41)45-29(3)38(40)43-5-2/h4,14-24,28-29H,1,5-13,25-27H2,2-3H3. The SMILES string of the molecule is C=CCOCCCCCCCCCCOc1ccc(-c2cccc3oc(-c4ccc(C(=O)OC(C)C(=O)OCC)cc4)cc23)cc1. The van der Waals surface area contributed by atoms with Crippen molar-refractivity contribution in [1.29, 1.82) is 0 Å². The molecule has 7 nitrogen and oxygen atoms in total. The quantitative estimate of drug-likeness (QED) is 0.0549. The Morgan fingerprint density at radius 1 is 0.826 bits per heavy atom. The Labute approximate surface area is 272 Å². The van der Waals surface area contributed by atoms with Gasteiger partial charge in [-0.05, 0) is 74.2 Å². The van der Waals surface area contributed by atoms with Crippen LogP contribution in [0.5, 0.6) is 5.75 Å². The molecule has 0 aliphatic rings. The zero-order valence-electron chi connectivity index (χ0n) is 27.1. The number of unbranched alkanes of at least 4 members (excludes halogenated alkanes) is 7. The molecule has 46 heavy (non-hydrogen) atoms. The lowest BCUT2D eigenvalue weighted by molar-refractivity contribution is -0.152. The molecule has 0 N–H and O–H groups in total. The van der Waals surface area contributed by atoms with Gasteiger partial charge in [-0.25, -0.2) is 9.59 Å². The lowest BCUT2D eigenvalue weighted by Gasteiger charge is -2.12. The summed E-state index contributed by atoms with van der Waals surface area (Å²) in [5, 5.41) is 0.999. The van der Waals surface area contributed by atoms with Crippen molar-refractivity contribution in [1.82, 2.24) is 0 Å². The third kappa shape index (κ3) is 10.3. The number of furan rings is 1. The van der Waals surface area contributed by atoms with Gasteiger partial charge in [-0.15, -0.1) is 6.58 Å². The minimum Gasteiger partial charge on any atom is -0.494 e. The van der Waals surface area contributed by atoms with Gasteiger partial charge in [0.25, 0.3) is 0 Å². The van der Waals surface area contributed by atoms with E-state index in [2.05, 4.69) is 24.8 Å². The number of carbonyl (C=O) groups is 2. The predicted octanol–water partition coefficient (Wildman–Crippen LogP) is 9.58. The lowest BCUT2D eigenvalue weighted by atomic mass is 10.0. The van der Waals surface area contributed by atoms with Gasteiger partial charge in [-0.3, -0.25) is 0 Å². The van der Waals surface area contributed by atoms with Gasteiger partial charge < -0.3 is 23.4 Å². The molecule has 7 heteroatoms. The maximum Gasteiger partial charge on any atom is 0.347 e. The Kier molecular flexibility index (Phi) is 13.9. The second-order valence-electron chi connectivity index (χ2n) is 11.3. The van der Waals surface area contributed by atoms with Gasteiger partial charge in [0.15, 0.2) is 6.10 Å². The van der Waals surface area contributed by atoms with Crippen molar-refractivity contribution in [3.05, 3.63) is 91.0 Å². The number of hydrogen-bond donors (Lipinski definition) is 0. The number of carbonyl (C=O) groups excluding carboxylic acids is 2. The first-order chi connectivity index (χ1) is 22.5. The van der Waals surface area contributed by atoms with Crippen molar-refractivity contribution in [3.8, 4) is 28.2 Å². The summed E-state index contributed by atoms with van der Waals surface area (Å²) in [6.07, 6.45) is 10.5. The first-order valence-corrected chi connectivity index (χ1v) is 16.4. The molecule has 0 aliphatic carbocycles. The predicted molar refractivity (Wildman–Crippen MR) is 182 cm³/mol. The average Bonchev–Trinajstić information content (AvgIpc) is 3.52. The summed E-state index contributed by atoms with van der Waals surface area (Å²) in [5.41, 5.74) is 4.08. The van der Waals surface area contributed by atoms with E-state index in [0.717, 1.165) is 59.5 Å². The van der Waals surface area contributed by atoms with E-state index in [9.17, 15) is 9.59 Å². The van der Waals surface area contributed by atoms with Crippen LogP contribution >= 0.6 is 0 Å². The third-order valence-corrected chi connectivity index (χ3v) is 7.72. The van der Waals surface area contributed by atoms with Crippen LogP contribution < -0.4 is 4.74 Å². The molecule has 1 aromatic heterocycles. The van der Waals surface area contributed by atoms with Crippen molar-refractivity contribution in [3.63, 3.8) is 0 Å². The number of rotatable bonds is 20. The van der Waals surface area contributed by atoms with Gasteiger partial charge in [0.2, 0.25) is 0 Å². The second-order valence-corrected chi connectivity index (χ2v) is 11.3. The molecular weight excluding hydrogens is 580 g/mol. The van der Waals surface area contributed by atoms with E-state index < -0.39 is 18.0 Å². The summed E-state index contributed by atoms with van der Waals surface area (Å²) in [4.78, 5) is 24.3. The normalized spacial score (nSPS) is 11.7. The number of fused-ring (bicyclic) bond motifs is 1. The Balaban J connectivity index is 1.25. The molecule has 1 unspecified atom stereocenters. The first-order valence-electron chi connectivity index (χ1n) is 16.4. The molecule has 3 aromatic carbocycles. The summed E-state index contributed by atoms with van der Waals surface area (Å²) in [7, 11) is 0. The minimum absolute atomic E-state index is 0.226. The fraction of sp³-hybridized carbons (Fsp3) is 0.385. The molecule has 0 amide bonds. The fourth-order valence-electron chi connectivity index (χ4n) is 5.22. The van der Waals surface area contributed by atoms with Crippen LogP contribution in [0, 0.1) is 0 Å². The molecule has 1 heterocycles. The molecule has 0 radical (unpaired) electrons. The second kappa shape index (κ2) is 18.6. The van der Waals surface area contributed by atoms with Crippen molar-refractivity contribution in [2.24, 2.45) is 0 Å². The molecule has 244 valence electrons. The Hall–Kier alpha value is -4.36. The maximum absolute atomic E-state index is 12.5. The van der Waals surface area contributed by atoms with Gasteiger partial charge in [0.1, 0.15) is 17.1 Å². The number of benzene rings is 3. The van der Waals surface area contributed by atoms with Crippen molar-refractivity contribution < 1.29 is 33.0 Å². The van der Waals surface area contributed by atoms with Crippen LogP contribution in [0.2, 0.25) is 0 Å². The molecule has 4 aromatic rings. The van der Waals surface area contributed by atoms with E-state index in [0.29, 0.717) is 17.9 Å². The highest BCUT2D eigenvalue weighted by Crippen LogP contribution is 2.35. The van der Waals surface area contributed by atoms with Crippen LogP contribution in [0.15, 0.2) is 89.9 Å². The van der Waals surface area contributed by atoms with Gasteiger partial charge in [0, 0.05) is 17.6 Å². The van der Waals surface area contributed by atoms with E-state index >= 15 is 0 Å². The topological polar surface area (TPSA) is 84.2 Å². The highest BCUT2D eigenvalue weighted by atomic mass is 16.6. The molecular formula is C39H46O7.